The molecule has 2 aromatic rings. The minimum atomic E-state index is 0. The van der Waals surface area contributed by atoms with Crippen LogP contribution in [-0.4, -0.2) is 51.3 Å². The molecule has 6 nitrogen and oxygen atoms in total. The van der Waals surface area contributed by atoms with Crippen LogP contribution in [0.25, 0.3) is 0 Å². The standard InChI is InChI=1S/C23H32N4O2.HI/c1-17-7-5-6-8-19(17)14-25-23(24-2)26-20-9-10-27(16-20)15-18-11-21(28-3)13-22(12-18)29-4;/h5-8,11-13,20H,9-10,14-16H2,1-4H3,(H2,24,25,26);1H. The Hall–Kier alpha value is -2.00. The van der Waals surface area contributed by atoms with Gasteiger partial charge in [-0.25, -0.2) is 0 Å². The van der Waals surface area contributed by atoms with Crippen LogP contribution in [0.3, 0.4) is 0 Å². The molecule has 0 aromatic heterocycles. The third kappa shape index (κ3) is 6.77. The van der Waals surface area contributed by atoms with Crippen LogP contribution >= 0.6 is 24.0 Å². The van der Waals surface area contributed by atoms with Crippen molar-refractivity contribution in [1.29, 1.82) is 0 Å². The van der Waals surface area contributed by atoms with Gasteiger partial charge >= 0.3 is 0 Å². The summed E-state index contributed by atoms with van der Waals surface area (Å²) in [5, 5.41) is 7.00. The molecule has 1 aliphatic heterocycles. The van der Waals surface area contributed by atoms with Gasteiger partial charge in [0.1, 0.15) is 11.5 Å². The average molecular weight is 524 g/mol. The maximum Gasteiger partial charge on any atom is 0.191 e. The fraction of sp³-hybridized carbons (Fsp3) is 0.435. The van der Waals surface area contributed by atoms with Crippen molar-refractivity contribution >= 4 is 29.9 Å². The molecular weight excluding hydrogens is 491 g/mol. The summed E-state index contributed by atoms with van der Waals surface area (Å²) < 4.78 is 10.8. The van der Waals surface area contributed by atoms with Gasteiger partial charge in [0.2, 0.25) is 0 Å². The third-order valence-corrected chi connectivity index (χ3v) is 5.36. The number of hydrogen-bond donors (Lipinski definition) is 2. The number of aryl methyl sites for hydroxylation is 1. The molecular formula is C23H33IN4O2. The Morgan fingerprint density at radius 1 is 1.13 bits per heavy atom. The van der Waals surface area contributed by atoms with E-state index < -0.39 is 0 Å². The number of hydrogen-bond acceptors (Lipinski definition) is 4. The Kier molecular flexibility index (Phi) is 9.71. The Bertz CT molecular complexity index is 821. The smallest absolute Gasteiger partial charge is 0.191 e. The first-order chi connectivity index (χ1) is 14.1. The van der Waals surface area contributed by atoms with Gasteiger partial charge < -0.3 is 20.1 Å². The van der Waals surface area contributed by atoms with Crippen LogP contribution < -0.4 is 20.1 Å². The lowest BCUT2D eigenvalue weighted by Crippen LogP contribution is -2.44. The number of halogens is 1. The highest BCUT2D eigenvalue weighted by Gasteiger charge is 2.23. The van der Waals surface area contributed by atoms with Gasteiger partial charge in [0, 0.05) is 45.3 Å². The van der Waals surface area contributed by atoms with Gasteiger partial charge in [0.25, 0.3) is 0 Å². The fourth-order valence-electron chi connectivity index (χ4n) is 3.69. The molecule has 0 aliphatic carbocycles. The minimum absolute atomic E-state index is 0. The zero-order valence-electron chi connectivity index (χ0n) is 18.3. The quantitative estimate of drug-likeness (QED) is 0.330. The topological polar surface area (TPSA) is 58.1 Å². The second-order valence-electron chi connectivity index (χ2n) is 7.44. The first kappa shape index (κ1) is 24.3. The molecule has 2 aromatic carbocycles. The molecule has 30 heavy (non-hydrogen) atoms. The minimum Gasteiger partial charge on any atom is -0.497 e. The summed E-state index contributed by atoms with van der Waals surface area (Å²) in [5.74, 6) is 2.51. The van der Waals surface area contributed by atoms with E-state index in [9.17, 15) is 0 Å². The van der Waals surface area contributed by atoms with Crippen molar-refractivity contribution in [3.63, 3.8) is 0 Å². The lowest BCUT2D eigenvalue weighted by molar-refractivity contribution is 0.321. The van der Waals surface area contributed by atoms with Crippen LogP contribution in [0.15, 0.2) is 47.5 Å². The number of rotatable bonds is 7. The molecule has 1 fully saturated rings. The monoisotopic (exact) mass is 524 g/mol. The van der Waals surface area contributed by atoms with Gasteiger partial charge in [0.05, 0.1) is 14.2 Å². The van der Waals surface area contributed by atoms with E-state index in [4.69, 9.17) is 9.47 Å². The van der Waals surface area contributed by atoms with Gasteiger partial charge in [-0.05, 0) is 42.2 Å². The number of nitrogens with one attached hydrogen (secondary N) is 2. The third-order valence-electron chi connectivity index (χ3n) is 5.36. The first-order valence-electron chi connectivity index (χ1n) is 10.1. The van der Waals surface area contributed by atoms with Crippen molar-refractivity contribution < 1.29 is 9.47 Å². The van der Waals surface area contributed by atoms with Crippen LogP contribution in [0.4, 0.5) is 0 Å². The number of ether oxygens (including phenoxy) is 2. The molecule has 1 aliphatic rings. The van der Waals surface area contributed by atoms with Gasteiger partial charge in [-0.3, -0.25) is 9.89 Å². The summed E-state index contributed by atoms with van der Waals surface area (Å²) in [6.45, 7) is 5.81. The molecule has 0 radical (unpaired) electrons. The summed E-state index contributed by atoms with van der Waals surface area (Å²) in [7, 11) is 5.19. The summed E-state index contributed by atoms with van der Waals surface area (Å²) in [4.78, 5) is 6.84. The summed E-state index contributed by atoms with van der Waals surface area (Å²) >= 11 is 0. The number of nitrogens with zero attached hydrogens (tertiary/aromatic N) is 2. The van der Waals surface area contributed by atoms with Crippen LogP contribution in [0.2, 0.25) is 0 Å². The molecule has 7 heteroatoms. The molecule has 0 spiro atoms. The maximum absolute atomic E-state index is 5.39. The predicted octanol–water partition coefficient (Wildman–Crippen LogP) is 3.57. The van der Waals surface area contributed by atoms with Crippen molar-refractivity contribution in [3.8, 4) is 11.5 Å². The van der Waals surface area contributed by atoms with E-state index in [1.807, 2.05) is 13.1 Å². The predicted molar refractivity (Wildman–Crippen MR) is 133 cm³/mol. The second-order valence-corrected chi connectivity index (χ2v) is 7.44. The van der Waals surface area contributed by atoms with Crippen LogP contribution in [0, 0.1) is 6.92 Å². The largest absolute Gasteiger partial charge is 0.497 e. The number of aliphatic imine (C=N–C) groups is 1. The molecule has 1 saturated heterocycles. The van der Waals surface area contributed by atoms with E-state index in [2.05, 4.69) is 63.8 Å². The highest BCUT2D eigenvalue weighted by Crippen LogP contribution is 2.24. The number of benzene rings is 2. The summed E-state index contributed by atoms with van der Waals surface area (Å²) in [6.07, 6.45) is 1.09. The normalized spacial score (nSPS) is 16.7. The van der Waals surface area contributed by atoms with Crippen LogP contribution in [-0.2, 0) is 13.1 Å². The van der Waals surface area contributed by atoms with Crippen molar-refractivity contribution in [3.05, 3.63) is 59.2 Å². The molecule has 0 amide bonds. The summed E-state index contributed by atoms with van der Waals surface area (Å²) in [5.41, 5.74) is 3.77. The number of likely N-dealkylation sites (tertiary alicyclic amines) is 1. The molecule has 0 saturated carbocycles. The van der Waals surface area contributed by atoms with Gasteiger partial charge in [-0.15, -0.1) is 24.0 Å². The zero-order valence-corrected chi connectivity index (χ0v) is 20.6. The van der Waals surface area contributed by atoms with Crippen LogP contribution in [0.5, 0.6) is 11.5 Å². The van der Waals surface area contributed by atoms with E-state index in [-0.39, 0.29) is 24.0 Å². The first-order valence-corrected chi connectivity index (χ1v) is 10.1. The van der Waals surface area contributed by atoms with Crippen molar-refractivity contribution in [2.45, 2.75) is 32.5 Å². The van der Waals surface area contributed by atoms with Crippen LogP contribution in [0.1, 0.15) is 23.1 Å². The molecule has 164 valence electrons. The van der Waals surface area contributed by atoms with Crippen molar-refractivity contribution in [1.82, 2.24) is 15.5 Å². The second kappa shape index (κ2) is 12.0. The Labute approximate surface area is 197 Å². The average Bonchev–Trinajstić information content (AvgIpc) is 3.18. The summed E-state index contributed by atoms with van der Waals surface area (Å²) in [6, 6.07) is 14.9. The van der Waals surface area contributed by atoms with Crippen molar-refractivity contribution in [2.75, 3.05) is 34.4 Å². The van der Waals surface area contributed by atoms with Gasteiger partial charge in [-0.2, -0.15) is 0 Å². The Morgan fingerprint density at radius 2 is 1.83 bits per heavy atom. The maximum atomic E-state index is 5.39. The highest BCUT2D eigenvalue weighted by molar-refractivity contribution is 14.0. The Morgan fingerprint density at radius 3 is 2.47 bits per heavy atom. The molecule has 3 rings (SSSR count). The van der Waals surface area contributed by atoms with E-state index in [0.29, 0.717) is 6.04 Å². The fourth-order valence-corrected chi connectivity index (χ4v) is 3.69. The Balaban J connectivity index is 0.00000320. The van der Waals surface area contributed by atoms with Crippen molar-refractivity contribution in [2.24, 2.45) is 4.99 Å². The molecule has 2 N–H and O–H groups in total. The highest BCUT2D eigenvalue weighted by atomic mass is 127. The van der Waals surface area contributed by atoms with E-state index in [1.165, 1.54) is 16.7 Å². The molecule has 0 bridgehead atoms. The lowest BCUT2D eigenvalue weighted by atomic mass is 10.1. The van der Waals surface area contributed by atoms with Gasteiger partial charge in [0.15, 0.2) is 5.96 Å². The molecule has 1 unspecified atom stereocenters. The molecule has 1 atom stereocenters. The SMILES string of the molecule is CN=C(NCc1ccccc1C)NC1CCN(Cc2cc(OC)cc(OC)c2)C1.I. The zero-order chi connectivity index (χ0) is 20.6. The molecule has 1 heterocycles. The number of guanidine groups is 1. The van der Waals surface area contributed by atoms with E-state index in [1.54, 1.807) is 14.2 Å². The van der Waals surface area contributed by atoms with Gasteiger partial charge in [-0.1, -0.05) is 24.3 Å². The van der Waals surface area contributed by atoms with E-state index in [0.717, 1.165) is 50.1 Å². The number of methoxy groups -OCH3 is 2. The lowest BCUT2D eigenvalue weighted by Gasteiger charge is -2.20. The van der Waals surface area contributed by atoms with E-state index >= 15 is 0 Å².